The highest BCUT2D eigenvalue weighted by atomic mass is 79.9. The van der Waals surface area contributed by atoms with Crippen molar-refractivity contribution in [1.29, 1.82) is 0 Å². The van der Waals surface area contributed by atoms with E-state index in [1.807, 2.05) is 6.07 Å². The Bertz CT molecular complexity index is 1080. The molecule has 1 N–H and O–H groups in total. The number of hydrogen-bond acceptors (Lipinski definition) is 5. The zero-order valence-electron chi connectivity index (χ0n) is 15.9. The molecular weight excluding hydrogens is 579 g/mol. The lowest BCUT2D eigenvalue weighted by Crippen LogP contribution is -2.36. The van der Waals surface area contributed by atoms with Crippen LogP contribution in [0.3, 0.4) is 0 Å². The van der Waals surface area contributed by atoms with Crippen LogP contribution in [0.1, 0.15) is 11.1 Å². The van der Waals surface area contributed by atoms with Crippen molar-refractivity contribution in [2.75, 3.05) is 13.7 Å². The molecule has 2 aromatic rings. The number of carbonyl (C=O) groups excluding carboxylic acids is 3. The normalized spacial score (nSPS) is 14.7. The molecule has 162 valence electrons. The molecule has 7 nitrogen and oxygen atoms in total. The zero-order valence-corrected chi connectivity index (χ0v) is 20.6. The third-order valence-electron chi connectivity index (χ3n) is 4.18. The van der Waals surface area contributed by atoms with Gasteiger partial charge in [-0.05, 0) is 73.3 Å². The third kappa shape index (κ3) is 5.60. The molecule has 1 fully saturated rings. The molecule has 0 aromatic heterocycles. The average Bonchev–Trinajstić information content (AvgIpc) is 2.97. The molecule has 0 aliphatic carbocycles. The Morgan fingerprint density at radius 3 is 2.42 bits per heavy atom. The van der Waals surface area contributed by atoms with Crippen LogP contribution in [0, 0.1) is 0 Å². The molecule has 1 aliphatic heterocycles. The maximum atomic E-state index is 12.4. The number of hydrogen-bond donors (Lipinski definition) is 1. The van der Waals surface area contributed by atoms with Gasteiger partial charge in [-0.1, -0.05) is 29.3 Å². The van der Waals surface area contributed by atoms with Crippen molar-refractivity contribution in [1.82, 2.24) is 10.2 Å². The molecule has 0 atom stereocenters. The quantitative estimate of drug-likeness (QED) is 0.284. The van der Waals surface area contributed by atoms with E-state index >= 15 is 0 Å². The Hall–Kier alpha value is -2.07. The summed E-state index contributed by atoms with van der Waals surface area (Å²) in [6.45, 7) is -0.209. The molecule has 3 rings (SSSR count). The molecule has 0 radical (unpaired) electrons. The Kier molecular flexibility index (Phi) is 7.64. The van der Waals surface area contributed by atoms with Crippen LogP contribution in [0.5, 0.6) is 5.75 Å². The lowest BCUT2D eigenvalue weighted by atomic mass is 10.2. The van der Waals surface area contributed by atoms with Gasteiger partial charge in [-0.25, -0.2) is 9.69 Å². The summed E-state index contributed by atoms with van der Waals surface area (Å²) >= 11 is 18.9. The van der Waals surface area contributed by atoms with E-state index in [-0.39, 0.29) is 12.3 Å². The number of ether oxygens (including phenoxy) is 2. The highest BCUT2D eigenvalue weighted by Gasteiger charge is 2.35. The van der Waals surface area contributed by atoms with Crippen molar-refractivity contribution >= 4 is 79.0 Å². The largest absolute Gasteiger partial charge is 0.487 e. The van der Waals surface area contributed by atoms with Gasteiger partial charge in [0.05, 0.1) is 26.1 Å². The van der Waals surface area contributed by atoms with Gasteiger partial charge in [0.25, 0.3) is 5.91 Å². The minimum atomic E-state index is -0.696. The van der Waals surface area contributed by atoms with Gasteiger partial charge in [-0.2, -0.15) is 0 Å². The van der Waals surface area contributed by atoms with E-state index in [9.17, 15) is 14.4 Å². The molecule has 0 spiro atoms. The highest BCUT2D eigenvalue weighted by Crippen LogP contribution is 2.36. The molecule has 3 amide bonds. The van der Waals surface area contributed by atoms with Crippen LogP contribution in [0.4, 0.5) is 4.79 Å². The molecule has 2 aromatic carbocycles. The van der Waals surface area contributed by atoms with Gasteiger partial charge in [0.2, 0.25) is 0 Å². The van der Waals surface area contributed by atoms with Crippen LogP contribution in [0.25, 0.3) is 6.08 Å². The van der Waals surface area contributed by atoms with E-state index in [1.54, 1.807) is 24.3 Å². The first-order valence-electron chi connectivity index (χ1n) is 8.66. The lowest BCUT2D eigenvalue weighted by Gasteiger charge is -2.12. The standard InChI is InChI=1S/C20H14Br2Cl2N2O5/c1-30-17(27)8-26-19(28)16(25-20(26)29)7-11-4-12(21)18(13(22)5-11)31-9-10-2-3-14(23)15(24)6-10/h2-7H,8-9H2,1H3,(H,25,29)/b16-7+. The Morgan fingerprint density at radius 2 is 1.81 bits per heavy atom. The van der Waals surface area contributed by atoms with Gasteiger partial charge >= 0.3 is 12.0 Å². The maximum Gasteiger partial charge on any atom is 0.329 e. The summed E-state index contributed by atoms with van der Waals surface area (Å²) < 4.78 is 11.6. The van der Waals surface area contributed by atoms with Crippen molar-refractivity contribution in [3.8, 4) is 5.75 Å². The van der Waals surface area contributed by atoms with Gasteiger partial charge in [-0.3, -0.25) is 9.59 Å². The number of rotatable bonds is 6. The Morgan fingerprint density at radius 1 is 1.13 bits per heavy atom. The van der Waals surface area contributed by atoms with Gasteiger partial charge < -0.3 is 14.8 Å². The van der Waals surface area contributed by atoms with Crippen molar-refractivity contribution in [2.24, 2.45) is 0 Å². The minimum Gasteiger partial charge on any atom is -0.487 e. The number of benzene rings is 2. The van der Waals surface area contributed by atoms with E-state index in [0.717, 1.165) is 10.5 Å². The monoisotopic (exact) mass is 590 g/mol. The second kappa shape index (κ2) is 10.0. The predicted octanol–water partition coefficient (Wildman–Crippen LogP) is 5.16. The molecule has 1 saturated heterocycles. The van der Waals surface area contributed by atoms with Gasteiger partial charge in [-0.15, -0.1) is 0 Å². The Labute approximate surface area is 204 Å². The molecule has 0 saturated carbocycles. The number of urea groups is 1. The van der Waals surface area contributed by atoms with Gasteiger partial charge in [0.15, 0.2) is 0 Å². The first-order chi connectivity index (χ1) is 14.7. The average molecular weight is 593 g/mol. The van der Waals surface area contributed by atoms with Crippen LogP contribution in [-0.2, 0) is 20.9 Å². The molecule has 0 bridgehead atoms. The van der Waals surface area contributed by atoms with E-state index in [1.165, 1.54) is 13.2 Å². The number of carbonyl (C=O) groups is 3. The topological polar surface area (TPSA) is 84.9 Å². The lowest BCUT2D eigenvalue weighted by molar-refractivity contribution is -0.143. The summed E-state index contributed by atoms with van der Waals surface area (Å²) in [5.41, 5.74) is 1.49. The first kappa shape index (κ1) is 23.6. The highest BCUT2D eigenvalue weighted by molar-refractivity contribution is 9.11. The van der Waals surface area contributed by atoms with E-state index in [4.69, 9.17) is 27.9 Å². The second-order valence-corrected chi connectivity index (χ2v) is 8.83. The molecule has 11 heteroatoms. The van der Waals surface area contributed by atoms with Gasteiger partial charge in [0.1, 0.15) is 24.6 Å². The van der Waals surface area contributed by atoms with Crippen LogP contribution >= 0.6 is 55.1 Å². The molecule has 1 heterocycles. The number of methoxy groups -OCH3 is 1. The SMILES string of the molecule is COC(=O)CN1C(=O)N/C(=C/c2cc(Br)c(OCc3ccc(Cl)c(Cl)c3)c(Br)c2)C1=O. The van der Waals surface area contributed by atoms with Crippen LogP contribution in [-0.4, -0.2) is 36.5 Å². The predicted molar refractivity (Wildman–Crippen MR) is 123 cm³/mol. The van der Waals surface area contributed by atoms with E-state index in [0.29, 0.717) is 30.3 Å². The summed E-state index contributed by atoms with van der Waals surface area (Å²) in [6.07, 6.45) is 1.50. The minimum absolute atomic E-state index is 0.0391. The van der Waals surface area contributed by atoms with E-state index in [2.05, 4.69) is 41.9 Å². The van der Waals surface area contributed by atoms with Gasteiger partial charge in [0, 0.05) is 0 Å². The number of amides is 3. The van der Waals surface area contributed by atoms with Crippen molar-refractivity contribution in [2.45, 2.75) is 6.61 Å². The molecule has 31 heavy (non-hydrogen) atoms. The van der Waals surface area contributed by atoms with E-state index < -0.39 is 24.5 Å². The number of esters is 1. The summed E-state index contributed by atoms with van der Waals surface area (Å²) in [4.78, 5) is 36.6. The summed E-state index contributed by atoms with van der Waals surface area (Å²) in [6, 6.07) is 7.98. The fraction of sp³-hybridized carbons (Fsp3) is 0.150. The maximum absolute atomic E-state index is 12.4. The van der Waals surface area contributed by atoms with Crippen molar-refractivity contribution in [3.05, 3.63) is 66.1 Å². The first-order valence-corrected chi connectivity index (χ1v) is 11.0. The van der Waals surface area contributed by atoms with Crippen LogP contribution in [0.2, 0.25) is 10.0 Å². The summed E-state index contributed by atoms with van der Waals surface area (Å²) in [7, 11) is 1.18. The Balaban J connectivity index is 1.77. The van der Waals surface area contributed by atoms with Crippen LogP contribution in [0.15, 0.2) is 45.0 Å². The molecule has 0 unspecified atom stereocenters. The number of nitrogens with zero attached hydrogens (tertiary/aromatic N) is 1. The van der Waals surface area contributed by atoms with Crippen LogP contribution < -0.4 is 10.1 Å². The summed E-state index contributed by atoms with van der Waals surface area (Å²) in [5, 5.41) is 3.35. The second-order valence-electron chi connectivity index (χ2n) is 6.31. The number of nitrogens with one attached hydrogen (secondary N) is 1. The number of halogens is 4. The van der Waals surface area contributed by atoms with Crippen molar-refractivity contribution < 1.29 is 23.9 Å². The smallest absolute Gasteiger partial charge is 0.329 e. The van der Waals surface area contributed by atoms with Crippen molar-refractivity contribution in [3.63, 3.8) is 0 Å². The summed E-state index contributed by atoms with van der Waals surface area (Å²) in [5.74, 6) is -0.774. The molecular formula is C20H14Br2Cl2N2O5. The third-order valence-corrected chi connectivity index (χ3v) is 6.09. The molecule has 1 aliphatic rings. The fourth-order valence-electron chi connectivity index (χ4n) is 2.66. The zero-order chi connectivity index (χ0) is 22.7. The fourth-order valence-corrected chi connectivity index (χ4v) is 4.43. The number of imide groups is 1.